The van der Waals surface area contributed by atoms with Gasteiger partial charge in [-0.2, -0.15) is 0 Å². The highest BCUT2D eigenvalue weighted by Crippen LogP contribution is 2.31. The van der Waals surface area contributed by atoms with E-state index in [-0.39, 0.29) is 17.6 Å². The van der Waals surface area contributed by atoms with E-state index in [1.807, 2.05) is 60.7 Å². The minimum atomic E-state index is -0.124. The summed E-state index contributed by atoms with van der Waals surface area (Å²) in [5, 5.41) is 0. The van der Waals surface area contributed by atoms with Crippen LogP contribution in [0.25, 0.3) is 0 Å². The number of amides is 1. The van der Waals surface area contributed by atoms with Crippen molar-refractivity contribution in [3.63, 3.8) is 0 Å². The fourth-order valence-corrected chi connectivity index (χ4v) is 4.32. The monoisotopic (exact) mass is 562 g/mol. The fraction of sp³-hybridized carbons (Fsp3) is 0.182. The van der Waals surface area contributed by atoms with Crippen LogP contribution in [0.5, 0.6) is 23.0 Å². The van der Waals surface area contributed by atoms with E-state index in [1.165, 1.54) is 12.8 Å². The zero-order valence-electron chi connectivity index (χ0n) is 23.7. The van der Waals surface area contributed by atoms with Gasteiger partial charge in [-0.15, -0.1) is 0 Å². The van der Waals surface area contributed by atoms with Crippen LogP contribution in [-0.2, 0) is 4.79 Å². The molecule has 0 saturated heterocycles. The van der Waals surface area contributed by atoms with Crippen molar-refractivity contribution in [1.29, 1.82) is 0 Å². The number of amidine groups is 1. The number of nitrogens with zero attached hydrogens (tertiary/aromatic N) is 4. The largest absolute Gasteiger partial charge is 0.457 e. The molecule has 1 saturated carbocycles. The van der Waals surface area contributed by atoms with Gasteiger partial charge in [0.2, 0.25) is 5.91 Å². The van der Waals surface area contributed by atoms with Crippen LogP contribution < -0.4 is 25.8 Å². The van der Waals surface area contributed by atoms with Crippen molar-refractivity contribution in [1.82, 2.24) is 9.88 Å². The van der Waals surface area contributed by atoms with Crippen molar-refractivity contribution >= 4 is 28.9 Å². The molecule has 0 unspecified atom stereocenters. The van der Waals surface area contributed by atoms with Gasteiger partial charge in [-0.1, -0.05) is 30.3 Å². The Kier molecular flexibility index (Phi) is 8.79. The first-order chi connectivity index (χ1) is 20.4. The highest BCUT2D eigenvalue weighted by Gasteiger charge is 2.25. The number of likely N-dealkylation sites (N-methyl/N-ethyl adjacent to an activating group) is 2. The van der Waals surface area contributed by atoms with Crippen LogP contribution in [0, 0.1) is 0 Å². The first kappa shape index (κ1) is 28.4. The second kappa shape index (κ2) is 13.0. The van der Waals surface area contributed by atoms with Crippen molar-refractivity contribution in [3.8, 4) is 23.0 Å². The average Bonchev–Trinajstić information content (AvgIpc) is 3.84. The summed E-state index contributed by atoms with van der Waals surface area (Å²) in [7, 11) is 3.80. The molecule has 1 amide bonds. The summed E-state index contributed by atoms with van der Waals surface area (Å²) in [5.41, 5.74) is 14.3. The van der Waals surface area contributed by atoms with Gasteiger partial charge in [0, 0.05) is 43.7 Å². The molecule has 214 valence electrons. The van der Waals surface area contributed by atoms with Crippen molar-refractivity contribution < 1.29 is 14.3 Å². The van der Waals surface area contributed by atoms with Crippen molar-refractivity contribution in [2.45, 2.75) is 18.9 Å². The molecule has 3 aromatic carbocycles. The molecule has 1 aromatic heterocycles. The summed E-state index contributed by atoms with van der Waals surface area (Å²) in [4.78, 5) is 25.3. The van der Waals surface area contributed by atoms with E-state index < -0.39 is 0 Å². The standard InChI is InChI=1S/C33H34N6O3/c1-38(24-13-14-24)21-7-12-30(40)39(2)25-9-6-8-23(22-25)37-33(35)31-29(19-20-36-32(31)34)42-28-17-15-27(16-18-28)41-26-10-4-3-5-11-26/h3-12,15-20,22,24H,13-14,21H2,1-2H3,(H2,34,36)(H2,35,37)/b12-7+. The molecule has 4 N–H and O–H groups in total. The van der Waals surface area contributed by atoms with Crippen LogP contribution >= 0.6 is 0 Å². The molecule has 1 aliphatic rings. The van der Waals surface area contributed by atoms with Gasteiger partial charge in [-0.25, -0.2) is 9.98 Å². The third kappa shape index (κ3) is 7.32. The Balaban J connectivity index is 1.29. The number of ether oxygens (including phenoxy) is 2. The molecule has 1 fully saturated rings. The molecule has 0 radical (unpaired) electrons. The molecule has 0 bridgehead atoms. The van der Waals surface area contributed by atoms with Crippen molar-refractivity contribution in [2.75, 3.05) is 31.3 Å². The molecule has 0 aliphatic heterocycles. The lowest BCUT2D eigenvalue weighted by molar-refractivity contribution is -0.113. The molecule has 0 atom stereocenters. The zero-order chi connectivity index (χ0) is 29.5. The second-order valence-corrected chi connectivity index (χ2v) is 10.0. The SMILES string of the molecule is CN(C(=O)/C=C/CN(C)C1CC1)c1cccc(N=C(N)c2c(Oc3ccc(Oc4ccccc4)cc3)ccnc2N)c1. The Labute approximate surface area is 245 Å². The fourth-order valence-electron chi connectivity index (χ4n) is 4.32. The third-order valence-electron chi connectivity index (χ3n) is 6.85. The van der Waals surface area contributed by atoms with Gasteiger partial charge in [0.05, 0.1) is 5.69 Å². The van der Waals surface area contributed by atoms with Gasteiger partial charge in [0.15, 0.2) is 0 Å². The molecule has 5 rings (SSSR count). The molecule has 4 aromatic rings. The van der Waals surface area contributed by atoms with Gasteiger partial charge in [-0.3, -0.25) is 9.69 Å². The van der Waals surface area contributed by atoms with Crippen molar-refractivity contribution in [3.05, 3.63) is 109 Å². The van der Waals surface area contributed by atoms with Crippen LogP contribution in [-0.4, -0.2) is 48.3 Å². The summed E-state index contributed by atoms with van der Waals surface area (Å²) in [6.07, 6.45) is 7.50. The van der Waals surface area contributed by atoms with Crippen molar-refractivity contribution in [2.24, 2.45) is 10.7 Å². The molecule has 9 heteroatoms. The normalized spacial score (nSPS) is 13.4. The molecule has 42 heavy (non-hydrogen) atoms. The first-order valence-corrected chi connectivity index (χ1v) is 13.7. The van der Waals surface area contributed by atoms with E-state index in [0.717, 1.165) is 12.3 Å². The summed E-state index contributed by atoms with van der Waals surface area (Å²) < 4.78 is 12.0. The molecule has 1 heterocycles. The van der Waals surface area contributed by atoms with Crippen LogP contribution in [0.1, 0.15) is 18.4 Å². The predicted octanol–water partition coefficient (Wildman–Crippen LogP) is 5.90. The number of pyridine rings is 1. The molecular formula is C33H34N6O3. The Morgan fingerprint density at radius 1 is 0.952 bits per heavy atom. The minimum absolute atomic E-state index is 0.124. The smallest absolute Gasteiger partial charge is 0.250 e. The maximum atomic E-state index is 12.8. The predicted molar refractivity (Wildman–Crippen MR) is 167 cm³/mol. The maximum Gasteiger partial charge on any atom is 0.250 e. The number of hydrogen-bond acceptors (Lipinski definition) is 7. The number of nitrogens with two attached hydrogens (primary N) is 2. The lowest BCUT2D eigenvalue weighted by Crippen LogP contribution is -2.25. The number of anilines is 2. The number of carbonyl (C=O) groups excluding carboxylic acids is 1. The number of carbonyl (C=O) groups is 1. The number of hydrogen-bond donors (Lipinski definition) is 2. The van der Waals surface area contributed by atoms with Crippen LogP contribution in [0.4, 0.5) is 17.2 Å². The lowest BCUT2D eigenvalue weighted by atomic mass is 10.2. The summed E-state index contributed by atoms with van der Waals surface area (Å²) in [6, 6.07) is 26.3. The average molecular weight is 563 g/mol. The first-order valence-electron chi connectivity index (χ1n) is 13.7. The Morgan fingerprint density at radius 3 is 2.36 bits per heavy atom. The van der Waals surface area contributed by atoms with Gasteiger partial charge in [-0.05, 0) is 74.5 Å². The number of rotatable bonds is 11. The molecular weight excluding hydrogens is 528 g/mol. The van der Waals surface area contributed by atoms with E-state index in [9.17, 15) is 4.79 Å². The number of benzene rings is 3. The van der Waals surface area contributed by atoms with E-state index in [2.05, 4.69) is 21.9 Å². The molecule has 0 spiro atoms. The highest BCUT2D eigenvalue weighted by atomic mass is 16.5. The molecule has 1 aliphatic carbocycles. The lowest BCUT2D eigenvalue weighted by Gasteiger charge is -2.17. The quantitative estimate of drug-likeness (QED) is 0.133. The summed E-state index contributed by atoms with van der Waals surface area (Å²) in [5.74, 6) is 2.58. The Morgan fingerprint density at radius 2 is 1.64 bits per heavy atom. The number of aromatic nitrogens is 1. The zero-order valence-corrected chi connectivity index (χ0v) is 23.7. The highest BCUT2D eigenvalue weighted by molar-refractivity contribution is 6.05. The maximum absolute atomic E-state index is 12.8. The van der Waals surface area contributed by atoms with Gasteiger partial charge in [0.25, 0.3) is 0 Å². The van der Waals surface area contributed by atoms with Crippen LogP contribution in [0.15, 0.2) is 108 Å². The van der Waals surface area contributed by atoms with Gasteiger partial charge in [0.1, 0.15) is 40.2 Å². The van der Waals surface area contributed by atoms with E-state index in [1.54, 1.807) is 54.6 Å². The van der Waals surface area contributed by atoms with E-state index in [0.29, 0.717) is 40.2 Å². The number of para-hydroxylation sites is 1. The Hall–Kier alpha value is -5.15. The number of nitrogen functional groups attached to an aromatic ring is 1. The summed E-state index contributed by atoms with van der Waals surface area (Å²) in [6.45, 7) is 0.744. The topological polar surface area (TPSA) is 119 Å². The van der Waals surface area contributed by atoms with Crippen LogP contribution in [0.2, 0.25) is 0 Å². The van der Waals surface area contributed by atoms with Gasteiger partial charge >= 0.3 is 0 Å². The minimum Gasteiger partial charge on any atom is -0.457 e. The van der Waals surface area contributed by atoms with E-state index in [4.69, 9.17) is 20.9 Å². The van der Waals surface area contributed by atoms with E-state index >= 15 is 0 Å². The third-order valence-corrected chi connectivity index (χ3v) is 6.85. The van der Waals surface area contributed by atoms with Crippen LogP contribution in [0.3, 0.4) is 0 Å². The molecule has 9 nitrogen and oxygen atoms in total. The Bertz CT molecular complexity index is 1580. The number of aliphatic imine (C=N–C) groups is 1. The second-order valence-electron chi connectivity index (χ2n) is 10.0. The summed E-state index contributed by atoms with van der Waals surface area (Å²) >= 11 is 0. The van der Waals surface area contributed by atoms with Gasteiger partial charge < -0.3 is 25.8 Å².